The third-order valence-corrected chi connectivity index (χ3v) is 4.65. The molecule has 1 fully saturated rings. The highest BCUT2D eigenvalue weighted by molar-refractivity contribution is 7.80. The van der Waals surface area contributed by atoms with Crippen molar-refractivity contribution < 1.29 is 4.74 Å². The molecule has 6 heteroatoms. The van der Waals surface area contributed by atoms with Crippen molar-refractivity contribution in [2.24, 2.45) is 0 Å². The van der Waals surface area contributed by atoms with E-state index < -0.39 is 0 Å². The predicted molar refractivity (Wildman–Crippen MR) is 109 cm³/mol. The lowest BCUT2D eigenvalue weighted by atomic mass is 10.1. The van der Waals surface area contributed by atoms with Crippen LogP contribution in [-0.4, -0.2) is 31.4 Å². The van der Waals surface area contributed by atoms with E-state index in [1.807, 2.05) is 24.3 Å². The first-order chi connectivity index (χ1) is 12.1. The summed E-state index contributed by atoms with van der Waals surface area (Å²) in [6.07, 6.45) is 0. The van der Waals surface area contributed by atoms with Crippen LogP contribution < -0.4 is 15.5 Å². The third-order valence-electron chi connectivity index (χ3n) is 4.20. The Bertz CT molecular complexity index is 717. The van der Waals surface area contributed by atoms with Crippen LogP contribution in [0.4, 0.5) is 11.4 Å². The smallest absolute Gasteiger partial charge is 0.171 e. The van der Waals surface area contributed by atoms with E-state index in [1.54, 1.807) is 0 Å². The van der Waals surface area contributed by atoms with Gasteiger partial charge in [0.15, 0.2) is 5.11 Å². The van der Waals surface area contributed by atoms with Crippen LogP contribution in [0.25, 0.3) is 0 Å². The van der Waals surface area contributed by atoms with Crippen molar-refractivity contribution in [2.45, 2.75) is 13.0 Å². The van der Waals surface area contributed by atoms with Crippen molar-refractivity contribution in [3.8, 4) is 0 Å². The average molecular weight is 376 g/mol. The second-order valence-corrected chi connectivity index (χ2v) is 6.87. The highest BCUT2D eigenvalue weighted by Crippen LogP contribution is 2.20. The SMILES string of the molecule is C[C@@H](NC(=S)Nc1cccc(Cl)c1)c1ccc(N2CCOCC2)cc1. The molecule has 25 heavy (non-hydrogen) atoms. The molecule has 3 rings (SSSR count). The van der Waals surface area contributed by atoms with E-state index in [-0.39, 0.29) is 6.04 Å². The van der Waals surface area contributed by atoms with Gasteiger partial charge in [-0.2, -0.15) is 0 Å². The topological polar surface area (TPSA) is 36.5 Å². The average Bonchev–Trinajstić information content (AvgIpc) is 2.62. The van der Waals surface area contributed by atoms with E-state index >= 15 is 0 Å². The number of morpholine rings is 1. The molecular weight excluding hydrogens is 354 g/mol. The van der Waals surface area contributed by atoms with Crippen LogP contribution in [-0.2, 0) is 4.74 Å². The number of rotatable bonds is 4. The summed E-state index contributed by atoms with van der Waals surface area (Å²) < 4.78 is 5.40. The Hall–Kier alpha value is -1.82. The molecule has 2 N–H and O–H groups in total. The molecule has 2 aromatic rings. The number of hydrogen-bond donors (Lipinski definition) is 2. The van der Waals surface area contributed by atoms with Gasteiger partial charge in [0.1, 0.15) is 0 Å². The van der Waals surface area contributed by atoms with Gasteiger partial charge in [0, 0.05) is 29.5 Å². The van der Waals surface area contributed by atoms with E-state index in [2.05, 4.69) is 46.7 Å². The standard InChI is InChI=1S/C19H22ClN3OS/c1-14(21-19(25)22-17-4-2-3-16(20)13-17)15-5-7-18(8-6-15)23-9-11-24-12-10-23/h2-8,13-14H,9-12H2,1H3,(H2,21,22,25)/t14-/m1/s1. The van der Waals surface area contributed by atoms with Crippen LogP contribution in [0.3, 0.4) is 0 Å². The third kappa shape index (κ3) is 5.08. The maximum atomic E-state index is 5.99. The van der Waals surface area contributed by atoms with Gasteiger partial charge in [-0.1, -0.05) is 29.8 Å². The lowest BCUT2D eigenvalue weighted by molar-refractivity contribution is 0.122. The van der Waals surface area contributed by atoms with Crippen LogP contribution in [0.1, 0.15) is 18.5 Å². The van der Waals surface area contributed by atoms with Crippen molar-refractivity contribution in [1.29, 1.82) is 0 Å². The van der Waals surface area contributed by atoms with Crippen LogP contribution in [0.15, 0.2) is 48.5 Å². The van der Waals surface area contributed by atoms with Gasteiger partial charge < -0.3 is 20.3 Å². The first kappa shape index (κ1) is 18.0. The predicted octanol–water partition coefficient (Wildman–Crippen LogP) is 4.22. The van der Waals surface area contributed by atoms with Gasteiger partial charge in [0.2, 0.25) is 0 Å². The number of halogens is 1. The second-order valence-electron chi connectivity index (χ2n) is 6.02. The first-order valence-electron chi connectivity index (χ1n) is 8.37. The number of nitrogens with zero attached hydrogens (tertiary/aromatic N) is 1. The van der Waals surface area contributed by atoms with Gasteiger partial charge >= 0.3 is 0 Å². The molecule has 0 aliphatic carbocycles. The quantitative estimate of drug-likeness (QED) is 0.782. The molecule has 0 radical (unpaired) electrons. The molecule has 1 atom stereocenters. The molecule has 1 heterocycles. The minimum absolute atomic E-state index is 0.109. The van der Waals surface area contributed by atoms with Crippen LogP contribution >= 0.6 is 23.8 Å². The van der Waals surface area contributed by atoms with E-state index in [0.717, 1.165) is 32.0 Å². The van der Waals surface area contributed by atoms with E-state index in [1.165, 1.54) is 11.3 Å². The highest BCUT2D eigenvalue weighted by Gasteiger charge is 2.12. The zero-order chi connectivity index (χ0) is 17.6. The monoisotopic (exact) mass is 375 g/mol. The lowest BCUT2D eigenvalue weighted by Gasteiger charge is -2.29. The molecule has 0 unspecified atom stereocenters. The van der Waals surface area contributed by atoms with E-state index in [9.17, 15) is 0 Å². The first-order valence-corrected chi connectivity index (χ1v) is 9.16. The zero-order valence-corrected chi connectivity index (χ0v) is 15.7. The summed E-state index contributed by atoms with van der Waals surface area (Å²) in [6, 6.07) is 16.2. The summed E-state index contributed by atoms with van der Waals surface area (Å²) in [4.78, 5) is 2.34. The van der Waals surface area contributed by atoms with Gasteiger partial charge in [-0.3, -0.25) is 0 Å². The van der Waals surface area contributed by atoms with E-state index in [4.69, 9.17) is 28.6 Å². The number of ether oxygens (including phenoxy) is 1. The van der Waals surface area contributed by atoms with Crippen LogP contribution in [0, 0.1) is 0 Å². The van der Waals surface area contributed by atoms with Gasteiger partial charge in [-0.25, -0.2) is 0 Å². The van der Waals surface area contributed by atoms with Crippen LogP contribution in [0.5, 0.6) is 0 Å². The van der Waals surface area contributed by atoms with Crippen molar-refractivity contribution in [3.63, 3.8) is 0 Å². The van der Waals surface area contributed by atoms with Gasteiger partial charge in [0.05, 0.1) is 19.3 Å². The molecule has 0 saturated carbocycles. The largest absolute Gasteiger partial charge is 0.378 e. The highest BCUT2D eigenvalue weighted by atomic mass is 35.5. The minimum atomic E-state index is 0.109. The molecule has 0 bridgehead atoms. The summed E-state index contributed by atoms with van der Waals surface area (Å²) in [7, 11) is 0. The van der Waals surface area contributed by atoms with E-state index in [0.29, 0.717) is 10.1 Å². The Morgan fingerprint density at radius 2 is 1.88 bits per heavy atom. The van der Waals surface area contributed by atoms with Crippen LogP contribution in [0.2, 0.25) is 5.02 Å². The Labute approximate surface area is 159 Å². The lowest BCUT2D eigenvalue weighted by Crippen LogP contribution is -2.36. The Balaban J connectivity index is 1.57. The number of thiocarbonyl (C=S) groups is 1. The fraction of sp³-hybridized carbons (Fsp3) is 0.316. The number of nitrogens with one attached hydrogen (secondary N) is 2. The minimum Gasteiger partial charge on any atom is -0.378 e. The molecular formula is C19H22ClN3OS. The maximum Gasteiger partial charge on any atom is 0.171 e. The molecule has 0 aromatic heterocycles. The van der Waals surface area contributed by atoms with Gasteiger partial charge in [0.25, 0.3) is 0 Å². The van der Waals surface area contributed by atoms with Crippen molar-refractivity contribution in [2.75, 3.05) is 36.5 Å². The van der Waals surface area contributed by atoms with Gasteiger partial charge in [-0.15, -0.1) is 0 Å². The molecule has 1 aliphatic heterocycles. The van der Waals surface area contributed by atoms with Crippen molar-refractivity contribution >= 4 is 40.3 Å². The maximum absolute atomic E-state index is 5.99. The van der Waals surface area contributed by atoms with Crippen molar-refractivity contribution in [1.82, 2.24) is 5.32 Å². The molecule has 0 amide bonds. The Morgan fingerprint density at radius 1 is 1.16 bits per heavy atom. The fourth-order valence-corrected chi connectivity index (χ4v) is 3.29. The summed E-state index contributed by atoms with van der Waals surface area (Å²) in [5, 5.41) is 7.72. The second kappa shape index (κ2) is 8.52. The number of hydrogen-bond acceptors (Lipinski definition) is 3. The molecule has 4 nitrogen and oxygen atoms in total. The molecule has 2 aromatic carbocycles. The Kier molecular flexibility index (Phi) is 6.13. The molecule has 132 valence electrons. The number of benzene rings is 2. The summed E-state index contributed by atoms with van der Waals surface area (Å²) >= 11 is 11.4. The van der Waals surface area contributed by atoms with Crippen molar-refractivity contribution in [3.05, 3.63) is 59.1 Å². The number of anilines is 2. The zero-order valence-electron chi connectivity index (χ0n) is 14.2. The summed E-state index contributed by atoms with van der Waals surface area (Å²) in [5.41, 5.74) is 3.30. The normalized spacial score (nSPS) is 15.5. The summed E-state index contributed by atoms with van der Waals surface area (Å²) in [6.45, 7) is 5.57. The molecule has 0 spiro atoms. The summed E-state index contributed by atoms with van der Waals surface area (Å²) in [5.74, 6) is 0. The molecule has 1 saturated heterocycles. The Morgan fingerprint density at radius 3 is 2.56 bits per heavy atom. The van der Waals surface area contributed by atoms with Gasteiger partial charge in [-0.05, 0) is 55.0 Å². The fourth-order valence-electron chi connectivity index (χ4n) is 2.81. The molecule has 1 aliphatic rings.